The third-order valence-electron chi connectivity index (χ3n) is 5.10. The minimum atomic E-state index is -0.822. The third-order valence-corrected chi connectivity index (χ3v) is 6.96. The van der Waals surface area contributed by atoms with Crippen molar-refractivity contribution >= 4 is 48.5 Å². The maximum Gasteiger partial charge on any atom is 1.00 e. The largest absolute Gasteiger partial charge is 1.00 e. The Hall–Kier alpha value is -1.05. The first kappa shape index (κ1) is 44.1. The first-order chi connectivity index (χ1) is 19.8. The van der Waals surface area contributed by atoms with Gasteiger partial charge in [0.05, 0.1) is 27.3 Å². The zero-order valence-electron chi connectivity index (χ0n) is 27.4. The summed E-state index contributed by atoms with van der Waals surface area (Å²) in [5.74, 6) is -0.208. The molecule has 2 heterocycles. The molecule has 0 aliphatic carbocycles. The predicted molar refractivity (Wildman–Crippen MR) is 175 cm³/mol. The molecular weight excluding hydrogens is 614 g/mol. The monoisotopic (exact) mass is 662 g/mol. The summed E-state index contributed by atoms with van der Waals surface area (Å²) in [6.45, 7) is 16.8. The Labute approximate surface area is 305 Å². The van der Waals surface area contributed by atoms with Crippen molar-refractivity contribution in [3.63, 3.8) is 0 Å². The second-order valence-corrected chi connectivity index (χ2v) is 12.1. The van der Waals surface area contributed by atoms with Gasteiger partial charge in [0.15, 0.2) is 6.29 Å². The fourth-order valence-electron chi connectivity index (χ4n) is 3.41. The molecule has 0 saturated carbocycles. The number of benzene rings is 1. The van der Waals surface area contributed by atoms with Crippen molar-refractivity contribution in [1.29, 1.82) is 0 Å². The summed E-state index contributed by atoms with van der Waals surface area (Å²) in [5, 5.41) is 11.9. The number of carboxylic acid groups (broad SMARTS) is 1. The molecular formula is C30H48KN4O6PS. The van der Waals surface area contributed by atoms with Gasteiger partial charge in [-0.05, 0) is 69.5 Å². The van der Waals surface area contributed by atoms with Crippen LogP contribution >= 0.6 is 20.4 Å². The Balaban J connectivity index is 0. The number of carbonyl (C=O) groups is 2. The van der Waals surface area contributed by atoms with Gasteiger partial charge in [-0.2, -0.15) is 0 Å². The molecule has 0 bridgehead atoms. The minimum Gasteiger partial charge on any atom is -0.529 e. The molecule has 0 atom stereocenters. The number of carboxylic acids is 1. The van der Waals surface area contributed by atoms with Gasteiger partial charge in [0, 0.05) is 26.8 Å². The normalized spacial score (nSPS) is 10.2. The van der Waals surface area contributed by atoms with Gasteiger partial charge in [0.2, 0.25) is 0 Å². The predicted octanol–water partition coefficient (Wildman–Crippen LogP) is 3.70. The molecule has 43 heavy (non-hydrogen) atoms. The number of aliphatic carboxylic acids is 1. The van der Waals surface area contributed by atoms with E-state index in [4.69, 9.17) is 14.2 Å². The molecule has 2 aromatic heterocycles. The second kappa shape index (κ2) is 25.2. The number of nitrogens with one attached hydrogen (secondary N) is 2. The van der Waals surface area contributed by atoms with Crippen molar-refractivity contribution in [1.82, 2.24) is 15.3 Å². The van der Waals surface area contributed by atoms with Crippen LogP contribution in [0.25, 0.3) is 10.9 Å². The van der Waals surface area contributed by atoms with Crippen LogP contribution in [-0.4, -0.2) is 61.2 Å². The quantitative estimate of drug-likeness (QED) is 0.122. The van der Waals surface area contributed by atoms with Gasteiger partial charge in [-0.3, -0.25) is 14.4 Å². The van der Waals surface area contributed by atoms with Gasteiger partial charge in [-0.25, -0.2) is 14.0 Å². The number of anilines is 1. The number of rotatable bonds is 11. The first-order valence-electron chi connectivity index (χ1n) is 13.9. The molecule has 0 unspecified atom stereocenters. The summed E-state index contributed by atoms with van der Waals surface area (Å²) < 4.78 is 9.65. The SMILES string of the molecule is CCCC(C)(C)C.CCO[P-]OCC.CNCC(=O)O.Cc1nc2ccc(CN(C)c3ccc(C=O)s3)cc2c(=O)[nH]1.[K+]. The topological polar surface area (TPSA) is 134 Å². The van der Waals surface area contributed by atoms with Crippen LogP contribution < -0.4 is 67.2 Å². The fourth-order valence-corrected chi connectivity index (χ4v) is 4.48. The molecule has 3 rings (SSSR count). The molecule has 0 aliphatic heterocycles. The maximum absolute atomic E-state index is 12.0. The molecule has 13 heteroatoms. The summed E-state index contributed by atoms with van der Waals surface area (Å²) in [6.07, 6.45) is 3.50. The summed E-state index contributed by atoms with van der Waals surface area (Å²) in [5.41, 5.74) is 2.15. The summed E-state index contributed by atoms with van der Waals surface area (Å²) >= 11 is 1.45. The van der Waals surface area contributed by atoms with Crippen molar-refractivity contribution in [2.24, 2.45) is 5.41 Å². The van der Waals surface area contributed by atoms with Crippen LogP contribution in [0.3, 0.4) is 0 Å². The molecule has 0 fully saturated rings. The van der Waals surface area contributed by atoms with Gasteiger partial charge >= 0.3 is 57.4 Å². The molecule has 0 aliphatic rings. The zero-order chi connectivity index (χ0) is 32.1. The van der Waals surface area contributed by atoms with Gasteiger partial charge in [0.1, 0.15) is 5.82 Å². The third kappa shape index (κ3) is 21.3. The van der Waals surface area contributed by atoms with E-state index in [1.165, 1.54) is 24.2 Å². The fraction of sp³-hybridized carbons (Fsp3) is 0.533. The van der Waals surface area contributed by atoms with Gasteiger partial charge in [0.25, 0.3) is 5.56 Å². The number of hydrogen-bond acceptors (Lipinski definition) is 9. The summed E-state index contributed by atoms with van der Waals surface area (Å²) in [7, 11) is 4.19. The van der Waals surface area contributed by atoms with Gasteiger partial charge < -0.3 is 29.4 Å². The van der Waals surface area contributed by atoms with E-state index in [1.807, 2.05) is 45.2 Å². The van der Waals surface area contributed by atoms with Crippen LogP contribution in [0, 0.1) is 12.3 Å². The van der Waals surface area contributed by atoms with Crippen LogP contribution in [0.1, 0.15) is 75.4 Å². The number of H-pyrrole nitrogens is 1. The van der Waals surface area contributed by atoms with Crippen molar-refractivity contribution < 1.29 is 75.1 Å². The number of hydrogen-bond donors (Lipinski definition) is 3. The molecule has 1 aromatic carbocycles. The van der Waals surface area contributed by atoms with E-state index >= 15 is 0 Å². The van der Waals surface area contributed by atoms with Crippen LogP contribution in [-0.2, 0) is 20.4 Å². The van der Waals surface area contributed by atoms with Crippen LogP contribution in [0.4, 0.5) is 5.00 Å². The zero-order valence-corrected chi connectivity index (χ0v) is 32.3. The van der Waals surface area contributed by atoms with E-state index in [0.717, 1.165) is 30.1 Å². The number of aryl methyl sites for hydroxylation is 1. The number of nitrogens with zero attached hydrogens (tertiary/aromatic N) is 2. The number of likely N-dealkylation sites (N-methyl/N-ethyl adjacent to an activating group) is 1. The van der Waals surface area contributed by atoms with Crippen LogP contribution in [0.15, 0.2) is 35.1 Å². The number of fused-ring (bicyclic) bond motifs is 1. The van der Waals surface area contributed by atoms with Crippen LogP contribution in [0.5, 0.6) is 0 Å². The maximum atomic E-state index is 12.0. The Bertz CT molecular complexity index is 1250. The number of aldehydes is 1. The van der Waals surface area contributed by atoms with Crippen molar-refractivity contribution in [2.45, 2.75) is 67.9 Å². The molecule has 0 saturated heterocycles. The molecule has 10 nitrogen and oxygen atoms in total. The summed E-state index contributed by atoms with van der Waals surface area (Å²) in [4.78, 5) is 42.1. The second-order valence-electron chi connectivity index (χ2n) is 10.3. The van der Waals surface area contributed by atoms with E-state index in [2.05, 4.69) is 47.9 Å². The average molecular weight is 663 g/mol. The molecule has 3 aromatic rings. The van der Waals surface area contributed by atoms with E-state index < -0.39 is 5.97 Å². The van der Waals surface area contributed by atoms with E-state index in [-0.39, 0.29) is 63.5 Å². The molecule has 3 N–H and O–H groups in total. The average Bonchev–Trinajstić information content (AvgIpc) is 3.39. The molecule has 0 amide bonds. The van der Waals surface area contributed by atoms with E-state index in [1.54, 1.807) is 20.0 Å². The number of aromatic nitrogens is 2. The number of thiophene rings is 1. The number of carbonyl (C=O) groups excluding carboxylic acids is 1. The Morgan fingerprint density at radius 3 is 2.21 bits per heavy atom. The van der Waals surface area contributed by atoms with Crippen LogP contribution in [0.2, 0.25) is 0 Å². The smallest absolute Gasteiger partial charge is 0.529 e. The first-order valence-corrected chi connectivity index (χ1v) is 15.4. The molecule has 0 radical (unpaired) electrons. The van der Waals surface area contributed by atoms with Gasteiger partial charge in [-0.15, -0.1) is 11.3 Å². The summed E-state index contributed by atoms with van der Waals surface area (Å²) in [6, 6.07) is 9.44. The van der Waals surface area contributed by atoms with Gasteiger partial charge in [-0.1, -0.05) is 40.2 Å². The van der Waals surface area contributed by atoms with Crippen molar-refractivity contribution in [3.05, 3.63) is 57.0 Å². The molecule has 0 spiro atoms. The Kier molecular flexibility index (Phi) is 25.8. The van der Waals surface area contributed by atoms with Crippen molar-refractivity contribution in [3.8, 4) is 0 Å². The minimum absolute atomic E-state index is 0. The van der Waals surface area contributed by atoms with E-state index in [0.29, 0.717) is 42.6 Å². The number of aromatic amines is 1. The standard InChI is InChI=1S/C16H15N3O2S.C7H16.C4H10O2P.C3H7NO2.K/c1-10-17-14-5-3-11(7-13(14)16(21)18-10)8-19(2)15-6-4-12(9-20)22-15;1-5-6-7(2,3)4;1-3-5-7-6-4-2;1-4-2-3(5)6;/h3-7,9H,8H2,1-2H3,(H,17,18,21);5-6H2,1-4H3;3-4H2,1-2H3;4H,2H2,1H3,(H,5,6);/q;;-1;;+1. The Morgan fingerprint density at radius 1 is 1.16 bits per heavy atom. The van der Waals surface area contributed by atoms with E-state index in [9.17, 15) is 14.4 Å². The van der Waals surface area contributed by atoms with Crippen molar-refractivity contribution in [2.75, 3.05) is 38.8 Å². The molecule has 236 valence electrons. The Morgan fingerprint density at radius 2 is 1.79 bits per heavy atom.